The number of benzene rings is 12. The van der Waals surface area contributed by atoms with E-state index in [4.69, 9.17) is 0 Å². The maximum absolute atomic E-state index is 2.52. The van der Waals surface area contributed by atoms with Crippen LogP contribution >= 0.6 is 0 Å². The number of fused-ring (bicyclic) bond motifs is 7. The van der Waals surface area contributed by atoms with E-state index in [2.05, 4.69) is 279 Å². The summed E-state index contributed by atoms with van der Waals surface area (Å²) >= 11 is 0. The molecular formula is C68H47N. The molecule has 0 aromatic heterocycles. The van der Waals surface area contributed by atoms with Crippen molar-refractivity contribution in [2.75, 3.05) is 4.90 Å². The van der Waals surface area contributed by atoms with Crippen LogP contribution in [0, 0.1) is 0 Å². The Morgan fingerprint density at radius 1 is 0.275 bits per heavy atom. The largest absolute Gasteiger partial charge is 0.309 e. The Kier molecular flexibility index (Phi) is 9.70. The molecule has 69 heavy (non-hydrogen) atoms. The van der Waals surface area contributed by atoms with E-state index >= 15 is 0 Å². The molecule has 324 valence electrons. The summed E-state index contributed by atoms with van der Waals surface area (Å²) in [5.74, 6) is 0. The molecule has 1 nitrogen and oxygen atoms in total. The Morgan fingerprint density at radius 2 is 0.797 bits per heavy atom. The summed E-state index contributed by atoms with van der Waals surface area (Å²) in [6, 6.07) is 98.5. The lowest BCUT2D eigenvalue weighted by Crippen LogP contribution is -2.22. The van der Waals surface area contributed by atoms with Gasteiger partial charge in [0.1, 0.15) is 0 Å². The van der Waals surface area contributed by atoms with Crippen molar-refractivity contribution in [1.82, 2.24) is 0 Å². The maximum atomic E-state index is 2.52. The van der Waals surface area contributed by atoms with Gasteiger partial charge in [-0.05, 0) is 131 Å². The van der Waals surface area contributed by atoms with Crippen LogP contribution in [-0.4, -0.2) is 0 Å². The number of hydrogen-bond acceptors (Lipinski definition) is 1. The molecule has 0 saturated carbocycles. The van der Waals surface area contributed by atoms with Crippen molar-refractivity contribution in [2.24, 2.45) is 0 Å². The number of anilines is 3. The zero-order chi connectivity index (χ0) is 45.9. The fraction of sp³-hybridized carbons (Fsp3) is 0.0294. The van der Waals surface area contributed by atoms with E-state index < -0.39 is 0 Å². The predicted molar refractivity (Wildman–Crippen MR) is 293 cm³/mol. The summed E-state index contributed by atoms with van der Waals surface area (Å²) in [6.07, 6.45) is 0. The maximum Gasteiger partial charge on any atom is 0.0540 e. The molecule has 0 heterocycles. The molecule has 0 fully saturated rings. The summed E-state index contributed by atoms with van der Waals surface area (Å²) < 4.78 is 0. The average molecular weight is 878 g/mol. The molecule has 1 aliphatic rings. The highest BCUT2D eigenvalue weighted by molar-refractivity contribution is 6.22. The zero-order valence-electron chi connectivity index (χ0n) is 38.4. The van der Waals surface area contributed by atoms with Gasteiger partial charge in [0.2, 0.25) is 0 Å². The number of nitrogens with zero attached hydrogens (tertiary/aromatic N) is 1. The van der Waals surface area contributed by atoms with Crippen molar-refractivity contribution >= 4 is 49.4 Å². The van der Waals surface area contributed by atoms with E-state index in [1.807, 2.05) is 0 Å². The van der Waals surface area contributed by atoms with Crippen LogP contribution in [0.1, 0.15) is 23.6 Å². The highest BCUT2D eigenvalue weighted by atomic mass is 15.1. The third-order valence-electron chi connectivity index (χ3n) is 14.7. The van der Waals surface area contributed by atoms with Crippen LogP contribution in [0.25, 0.3) is 88.0 Å². The normalized spacial score (nSPS) is 13.9. The fourth-order valence-corrected chi connectivity index (χ4v) is 11.5. The monoisotopic (exact) mass is 877 g/mol. The molecule has 13 rings (SSSR count). The Hall–Kier alpha value is -8.78. The minimum Gasteiger partial charge on any atom is -0.309 e. The van der Waals surface area contributed by atoms with E-state index in [0.717, 1.165) is 28.2 Å². The van der Waals surface area contributed by atoms with Crippen molar-refractivity contribution in [3.05, 3.63) is 284 Å². The van der Waals surface area contributed by atoms with Gasteiger partial charge in [-0.1, -0.05) is 237 Å². The van der Waals surface area contributed by atoms with Crippen LogP contribution in [0.4, 0.5) is 17.1 Å². The highest BCUT2D eigenvalue weighted by Gasteiger charge is 2.41. The minimum absolute atomic E-state index is 0.303. The third-order valence-corrected chi connectivity index (χ3v) is 14.7. The average Bonchev–Trinajstić information content (AvgIpc) is 3.69. The zero-order valence-corrected chi connectivity index (χ0v) is 38.4. The second-order valence-electron chi connectivity index (χ2n) is 18.5. The van der Waals surface area contributed by atoms with E-state index in [1.165, 1.54) is 93.5 Å². The number of para-hydroxylation sites is 1. The molecule has 0 amide bonds. The van der Waals surface area contributed by atoms with Crippen molar-refractivity contribution in [3.8, 4) is 55.6 Å². The van der Waals surface area contributed by atoms with Crippen LogP contribution in [0.2, 0.25) is 0 Å². The smallest absolute Gasteiger partial charge is 0.0540 e. The minimum atomic E-state index is -0.303. The van der Waals surface area contributed by atoms with E-state index in [1.54, 1.807) is 0 Å². The van der Waals surface area contributed by atoms with Crippen molar-refractivity contribution in [2.45, 2.75) is 12.3 Å². The first-order valence-corrected chi connectivity index (χ1v) is 24.0. The quantitative estimate of drug-likeness (QED) is 0.138. The molecule has 0 spiro atoms. The van der Waals surface area contributed by atoms with Gasteiger partial charge in [0.15, 0.2) is 0 Å². The molecule has 0 bridgehead atoms. The SMILES string of the molecule is CC1(c2ccccc2)c2ccccc2-c2cc(N(c3ccccc3-c3ccc4c(c3)c(-c3ccccc3)c(-c3ccccc3)c3ccccc34)c3ccc(-c4ccccc4)c4ccccc34)ccc21. The summed E-state index contributed by atoms with van der Waals surface area (Å²) in [5, 5.41) is 7.37. The molecular weight excluding hydrogens is 831 g/mol. The standard InChI is InChI=1S/C68H47N/c1-68(50-28-12-5-13-29-50)62-36-20-18-33-57(62)60-45-51(39-42-63(60)68)69(65-43-41-52(46-22-6-2-7-23-46)54-31-14-16-34-58(54)65)64-37-21-19-30-53(64)49-38-40-56-55-32-15-17-35-59(55)66(47-24-8-3-9-25-47)67(61(56)44-49)48-26-10-4-11-27-48/h2-45H,1H3. The molecule has 12 aromatic rings. The van der Waals surface area contributed by atoms with Gasteiger partial charge < -0.3 is 4.90 Å². The van der Waals surface area contributed by atoms with Gasteiger partial charge in [0.05, 0.1) is 11.4 Å². The fourth-order valence-electron chi connectivity index (χ4n) is 11.5. The summed E-state index contributed by atoms with van der Waals surface area (Å²) in [5.41, 5.74) is 19.2. The van der Waals surface area contributed by atoms with E-state index in [-0.39, 0.29) is 5.41 Å². The first-order valence-electron chi connectivity index (χ1n) is 24.0. The van der Waals surface area contributed by atoms with Crippen LogP contribution in [0.15, 0.2) is 267 Å². The lowest BCUT2D eigenvalue weighted by molar-refractivity contribution is 0.714. The topological polar surface area (TPSA) is 3.24 Å². The molecule has 0 radical (unpaired) electrons. The van der Waals surface area contributed by atoms with E-state index in [9.17, 15) is 0 Å². The number of hydrogen-bond donors (Lipinski definition) is 0. The Morgan fingerprint density at radius 3 is 1.51 bits per heavy atom. The summed E-state index contributed by atoms with van der Waals surface area (Å²) in [4.78, 5) is 2.52. The summed E-state index contributed by atoms with van der Waals surface area (Å²) in [7, 11) is 0. The van der Waals surface area contributed by atoms with Gasteiger partial charge in [0, 0.05) is 22.1 Å². The Bertz CT molecular complexity index is 3890. The lowest BCUT2D eigenvalue weighted by atomic mass is 9.74. The predicted octanol–water partition coefficient (Wildman–Crippen LogP) is 18.6. The van der Waals surface area contributed by atoms with Gasteiger partial charge in [-0.25, -0.2) is 0 Å². The second-order valence-corrected chi connectivity index (χ2v) is 18.5. The van der Waals surface area contributed by atoms with Gasteiger partial charge in [-0.3, -0.25) is 0 Å². The number of rotatable bonds is 8. The lowest BCUT2D eigenvalue weighted by Gasteiger charge is -2.31. The first kappa shape index (κ1) is 40.5. The van der Waals surface area contributed by atoms with E-state index in [0.29, 0.717) is 0 Å². The molecule has 1 atom stereocenters. The van der Waals surface area contributed by atoms with Gasteiger partial charge in [-0.15, -0.1) is 0 Å². The van der Waals surface area contributed by atoms with Crippen molar-refractivity contribution in [1.29, 1.82) is 0 Å². The second kappa shape index (κ2) is 16.5. The highest BCUT2D eigenvalue weighted by Crippen LogP contribution is 2.55. The van der Waals surface area contributed by atoms with Crippen LogP contribution < -0.4 is 4.90 Å². The molecule has 1 aliphatic carbocycles. The molecule has 12 aromatic carbocycles. The third kappa shape index (κ3) is 6.54. The van der Waals surface area contributed by atoms with Crippen LogP contribution in [0.3, 0.4) is 0 Å². The van der Waals surface area contributed by atoms with Gasteiger partial charge >= 0.3 is 0 Å². The molecule has 0 saturated heterocycles. The summed E-state index contributed by atoms with van der Waals surface area (Å²) in [6.45, 7) is 2.39. The van der Waals surface area contributed by atoms with Crippen molar-refractivity contribution < 1.29 is 0 Å². The van der Waals surface area contributed by atoms with Crippen LogP contribution in [-0.2, 0) is 5.41 Å². The molecule has 1 heteroatoms. The molecule has 0 N–H and O–H groups in total. The first-order chi connectivity index (χ1) is 34.1. The van der Waals surface area contributed by atoms with Gasteiger partial charge in [-0.2, -0.15) is 0 Å². The molecule has 1 unspecified atom stereocenters. The van der Waals surface area contributed by atoms with Crippen LogP contribution in [0.5, 0.6) is 0 Å². The molecule has 0 aliphatic heterocycles. The van der Waals surface area contributed by atoms with Gasteiger partial charge in [0.25, 0.3) is 0 Å². The Balaban J connectivity index is 1.08. The Labute approximate surface area is 403 Å². The van der Waals surface area contributed by atoms with Crippen molar-refractivity contribution in [3.63, 3.8) is 0 Å².